The highest BCUT2D eigenvalue weighted by atomic mass is 16.5. The summed E-state index contributed by atoms with van der Waals surface area (Å²) in [5.41, 5.74) is 1.24. The molecule has 6 heteroatoms. The van der Waals surface area contributed by atoms with Gasteiger partial charge in [0.2, 0.25) is 0 Å². The lowest BCUT2D eigenvalue weighted by Gasteiger charge is -2.03. The van der Waals surface area contributed by atoms with E-state index in [1.54, 1.807) is 32.3 Å². The van der Waals surface area contributed by atoms with Gasteiger partial charge in [-0.2, -0.15) is 0 Å². The number of anilines is 1. The predicted molar refractivity (Wildman–Crippen MR) is 65.6 cm³/mol. The van der Waals surface area contributed by atoms with Crippen molar-refractivity contribution in [2.75, 3.05) is 5.32 Å². The van der Waals surface area contributed by atoms with E-state index >= 15 is 0 Å². The standard InChI is InChI=1S/C12H13N3O3/c1-7-6-9(4-5-13-7)14-11(16)10-8(2)15(3)18-12(10)17/h4-6H,1-3H3,(H,13,14,16). The Kier molecular flexibility index (Phi) is 3.01. The molecular weight excluding hydrogens is 234 g/mol. The lowest BCUT2D eigenvalue weighted by Crippen LogP contribution is -2.19. The molecular formula is C12H13N3O3. The third-order valence-corrected chi connectivity index (χ3v) is 2.64. The van der Waals surface area contributed by atoms with E-state index in [0.29, 0.717) is 11.4 Å². The predicted octanol–water partition coefficient (Wildman–Crippen LogP) is 1.24. The van der Waals surface area contributed by atoms with Gasteiger partial charge in [0.05, 0.1) is 5.69 Å². The molecule has 2 aromatic heterocycles. The third-order valence-electron chi connectivity index (χ3n) is 2.64. The van der Waals surface area contributed by atoms with Gasteiger partial charge in [-0.3, -0.25) is 9.78 Å². The number of hydrogen-bond acceptors (Lipinski definition) is 4. The zero-order chi connectivity index (χ0) is 13.3. The van der Waals surface area contributed by atoms with E-state index in [9.17, 15) is 9.59 Å². The maximum absolute atomic E-state index is 12.0. The van der Waals surface area contributed by atoms with Crippen molar-refractivity contribution in [1.82, 2.24) is 9.72 Å². The molecule has 0 unspecified atom stereocenters. The minimum Gasteiger partial charge on any atom is -0.336 e. The maximum atomic E-state index is 12.0. The number of rotatable bonds is 2. The van der Waals surface area contributed by atoms with Crippen molar-refractivity contribution in [2.45, 2.75) is 13.8 Å². The summed E-state index contributed by atoms with van der Waals surface area (Å²) >= 11 is 0. The largest absolute Gasteiger partial charge is 0.370 e. The van der Waals surface area contributed by atoms with Crippen LogP contribution >= 0.6 is 0 Å². The van der Waals surface area contributed by atoms with Gasteiger partial charge >= 0.3 is 5.63 Å². The zero-order valence-corrected chi connectivity index (χ0v) is 10.4. The van der Waals surface area contributed by atoms with Crippen molar-refractivity contribution in [1.29, 1.82) is 0 Å². The first-order valence-electron chi connectivity index (χ1n) is 5.40. The van der Waals surface area contributed by atoms with Crippen LogP contribution in [0, 0.1) is 13.8 Å². The molecule has 2 heterocycles. The molecule has 0 saturated heterocycles. The van der Waals surface area contributed by atoms with Crippen LogP contribution in [0.3, 0.4) is 0 Å². The summed E-state index contributed by atoms with van der Waals surface area (Å²) in [5, 5.41) is 2.64. The van der Waals surface area contributed by atoms with Crippen LogP contribution in [0.25, 0.3) is 0 Å². The van der Waals surface area contributed by atoms with Gasteiger partial charge in [0, 0.05) is 24.6 Å². The van der Waals surface area contributed by atoms with Gasteiger partial charge in [0.1, 0.15) is 5.56 Å². The highest BCUT2D eigenvalue weighted by Crippen LogP contribution is 2.10. The van der Waals surface area contributed by atoms with Crippen LogP contribution in [0.4, 0.5) is 5.69 Å². The van der Waals surface area contributed by atoms with E-state index in [-0.39, 0.29) is 5.56 Å². The van der Waals surface area contributed by atoms with Crippen LogP contribution in [0.15, 0.2) is 27.6 Å². The first kappa shape index (κ1) is 12.1. The summed E-state index contributed by atoms with van der Waals surface area (Å²) in [6.45, 7) is 3.47. The SMILES string of the molecule is Cc1cc(NC(=O)c2c(C)n(C)oc2=O)ccn1. The Labute approximate surface area is 103 Å². The average Bonchev–Trinajstić information content (AvgIpc) is 2.53. The molecule has 6 nitrogen and oxygen atoms in total. The molecule has 2 rings (SSSR count). The van der Waals surface area contributed by atoms with E-state index in [0.717, 1.165) is 5.69 Å². The first-order chi connectivity index (χ1) is 8.49. The molecule has 0 saturated carbocycles. The van der Waals surface area contributed by atoms with Crippen molar-refractivity contribution in [3.63, 3.8) is 0 Å². The van der Waals surface area contributed by atoms with Gasteiger partial charge in [-0.15, -0.1) is 0 Å². The molecule has 0 bridgehead atoms. The second-order valence-corrected chi connectivity index (χ2v) is 3.98. The fourth-order valence-electron chi connectivity index (χ4n) is 1.62. The summed E-state index contributed by atoms with van der Waals surface area (Å²) in [7, 11) is 1.57. The normalized spacial score (nSPS) is 10.4. The van der Waals surface area contributed by atoms with E-state index in [2.05, 4.69) is 10.3 Å². The monoisotopic (exact) mass is 247 g/mol. The highest BCUT2D eigenvalue weighted by Gasteiger charge is 2.19. The molecule has 0 aromatic carbocycles. The Morgan fingerprint density at radius 1 is 1.44 bits per heavy atom. The number of carbonyl (C=O) groups excluding carboxylic acids is 1. The minimum atomic E-state index is -0.640. The summed E-state index contributed by atoms with van der Waals surface area (Å²) in [6.07, 6.45) is 1.59. The molecule has 0 fully saturated rings. The maximum Gasteiger partial charge on any atom is 0.370 e. The molecule has 0 spiro atoms. The Bertz CT molecular complexity index is 655. The zero-order valence-electron chi connectivity index (χ0n) is 10.4. The van der Waals surface area contributed by atoms with Crippen molar-refractivity contribution < 1.29 is 9.32 Å². The number of nitrogens with one attached hydrogen (secondary N) is 1. The Hall–Kier alpha value is -2.37. The van der Waals surface area contributed by atoms with Gasteiger partial charge < -0.3 is 9.84 Å². The van der Waals surface area contributed by atoms with E-state index in [1.807, 2.05) is 6.92 Å². The van der Waals surface area contributed by atoms with Crippen molar-refractivity contribution in [3.05, 3.63) is 45.7 Å². The fraction of sp³-hybridized carbons (Fsp3) is 0.250. The van der Waals surface area contributed by atoms with Gasteiger partial charge in [0.15, 0.2) is 0 Å². The summed E-state index contributed by atoms with van der Waals surface area (Å²) in [6, 6.07) is 3.38. The molecule has 0 radical (unpaired) electrons. The molecule has 94 valence electrons. The molecule has 0 atom stereocenters. The second-order valence-electron chi connectivity index (χ2n) is 3.98. The third kappa shape index (κ3) is 2.17. The number of nitrogens with zero attached hydrogens (tertiary/aromatic N) is 2. The number of aromatic nitrogens is 2. The van der Waals surface area contributed by atoms with Gasteiger partial charge in [-0.05, 0) is 26.0 Å². The van der Waals surface area contributed by atoms with Crippen LogP contribution in [0.1, 0.15) is 21.7 Å². The number of carbonyl (C=O) groups is 1. The van der Waals surface area contributed by atoms with Crippen LogP contribution in [0.5, 0.6) is 0 Å². The van der Waals surface area contributed by atoms with Gasteiger partial charge in [-0.25, -0.2) is 9.53 Å². The summed E-state index contributed by atoms with van der Waals surface area (Å²) < 4.78 is 6.09. The number of amides is 1. The van der Waals surface area contributed by atoms with Crippen LogP contribution < -0.4 is 10.9 Å². The van der Waals surface area contributed by atoms with Crippen molar-refractivity contribution >= 4 is 11.6 Å². The van der Waals surface area contributed by atoms with Crippen LogP contribution in [0.2, 0.25) is 0 Å². The topological polar surface area (TPSA) is 77.1 Å². The van der Waals surface area contributed by atoms with Gasteiger partial charge in [0.25, 0.3) is 5.91 Å². The Morgan fingerprint density at radius 2 is 2.17 bits per heavy atom. The van der Waals surface area contributed by atoms with E-state index < -0.39 is 11.5 Å². The molecule has 1 N–H and O–H groups in total. The molecule has 0 aliphatic rings. The summed E-state index contributed by atoms with van der Waals surface area (Å²) in [5.74, 6) is -0.479. The highest BCUT2D eigenvalue weighted by molar-refractivity contribution is 6.04. The van der Waals surface area contributed by atoms with Gasteiger partial charge in [-0.1, -0.05) is 0 Å². The lowest BCUT2D eigenvalue weighted by atomic mass is 10.2. The van der Waals surface area contributed by atoms with Crippen LogP contribution in [-0.4, -0.2) is 15.6 Å². The molecule has 2 aromatic rings. The fourth-order valence-corrected chi connectivity index (χ4v) is 1.62. The number of hydrogen-bond donors (Lipinski definition) is 1. The van der Waals surface area contributed by atoms with Crippen molar-refractivity contribution in [3.8, 4) is 0 Å². The smallest absolute Gasteiger partial charge is 0.336 e. The van der Waals surface area contributed by atoms with Crippen molar-refractivity contribution in [2.24, 2.45) is 7.05 Å². The first-order valence-corrected chi connectivity index (χ1v) is 5.40. The average molecular weight is 247 g/mol. The number of aryl methyl sites for hydroxylation is 2. The quantitative estimate of drug-likeness (QED) is 0.866. The lowest BCUT2D eigenvalue weighted by molar-refractivity contribution is 0.102. The molecule has 18 heavy (non-hydrogen) atoms. The Morgan fingerprint density at radius 3 is 2.72 bits per heavy atom. The van der Waals surface area contributed by atoms with E-state index in [4.69, 9.17) is 4.52 Å². The Balaban J connectivity index is 2.30. The van der Waals surface area contributed by atoms with E-state index in [1.165, 1.54) is 4.74 Å². The molecule has 0 aliphatic heterocycles. The second kappa shape index (κ2) is 4.48. The number of pyridine rings is 1. The molecule has 1 amide bonds. The van der Waals surface area contributed by atoms with Crippen LogP contribution in [-0.2, 0) is 7.05 Å². The minimum absolute atomic E-state index is 0.0203. The summed E-state index contributed by atoms with van der Waals surface area (Å²) in [4.78, 5) is 27.5. The molecule has 0 aliphatic carbocycles.